The van der Waals surface area contributed by atoms with Gasteiger partial charge in [-0.05, 0) is 25.0 Å². The molecule has 0 atom stereocenters. The number of fused-ring (bicyclic) bond motifs is 3. The number of hydrogen-bond donors (Lipinski definition) is 2. The molecule has 2 heterocycles. The lowest BCUT2D eigenvalue weighted by Crippen LogP contribution is -2.27. The minimum absolute atomic E-state index is 0.111. The minimum atomic E-state index is -0.162. The molecule has 2 N–H and O–H groups in total. The Morgan fingerprint density at radius 2 is 2.05 bits per heavy atom. The number of H-pyrrole nitrogens is 1. The van der Waals surface area contributed by atoms with Gasteiger partial charge in [-0.25, -0.2) is 0 Å². The van der Waals surface area contributed by atoms with E-state index in [9.17, 15) is 9.59 Å². The quantitative estimate of drug-likeness (QED) is 0.753. The van der Waals surface area contributed by atoms with E-state index in [0.29, 0.717) is 17.1 Å². The lowest BCUT2D eigenvalue weighted by Gasteiger charge is -2.06. The molecular weight excluding hydrogens is 266 g/mol. The summed E-state index contributed by atoms with van der Waals surface area (Å²) in [4.78, 5) is 27.4. The fraction of sp³-hybridized carbons (Fsp3) is 0.250. The molecule has 1 amide bonds. The van der Waals surface area contributed by atoms with Gasteiger partial charge < -0.3 is 14.9 Å². The average molecular weight is 281 g/mol. The fourth-order valence-electron chi connectivity index (χ4n) is 2.80. The zero-order chi connectivity index (χ0) is 14.6. The van der Waals surface area contributed by atoms with Crippen molar-refractivity contribution in [2.75, 3.05) is 0 Å². The van der Waals surface area contributed by atoms with Crippen molar-refractivity contribution in [2.24, 2.45) is 7.05 Å². The summed E-state index contributed by atoms with van der Waals surface area (Å²) in [6.45, 7) is 0. The Morgan fingerprint density at radius 3 is 2.81 bits per heavy atom. The molecule has 0 aliphatic heterocycles. The number of aryl methyl sites for hydroxylation is 1. The van der Waals surface area contributed by atoms with Crippen molar-refractivity contribution in [2.45, 2.75) is 18.9 Å². The third-order valence-corrected chi connectivity index (χ3v) is 4.05. The van der Waals surface area contributed by atoms with E-state index in [1.54, 1.807) is 6.07 Å². The SMILES string of the molecule is Cn1c(C(=O)NC2CC2)cc2c(=O)[nH]c3ccccc3c21. The number of pyridine rings is 1. The van der Waals surface area contributed by atoms with E-state index in [1.165, 1.54) is 0 Å². The van der Waals surface area contributed by atoms with Gasteiger partial charge in [0.05, 0.1) is 16.4 Å². The van der Waals surface area contributed by atoms with Crippen molar-refractivity contribution in [3.8, 4) is 0 Å². The summed E-state index contributed by atoms with van der Waals surface area (Å²) in [7, 11) is 1.83. The van der Waals surface area contributed by atoms with Gasteiger partial charge in [-0.15, -0.1) is 0 Å². The Bertz CT molecular complexity index is 932. The topological polar surface area (TPSA) is 66.9 Å². The number of para-hydroxylation sites is 1. The molecule has 0 radical (unpaired) electrons. The van der Waals surface area contributed by atoms with Gasteiger partial charge in [0, 0.05) is 18.5 Å². The standard InChI is InChI=1S/C16H15N3O2/c1-19-13(16(21)17-9-6-7-9)8-11-14(19)10-4-2-3-5-12(10)18-15(11)20/h2-5,8-9H,6-7H2,1H3,(H,17,21)(H,18,20). The number of amides is 1. The number of benzene rings is 1. The van der Waals surface area contributed by atoms with Crippen LogP contribution in [0, 0.1) is 0 Å². The Labute approximate surface area is 120 Å². The monoisotopic (exact) mass is 281 g/mol. The normalized spacial score (nSPS) is 14.7. The predicted molar refractivity (Wildman–Crippen MR) is 81.5 cm³/mol. The van der Waals surface area contributed by atoms with Gasteiger partial charge >= 0.3 is 0 Å². The minimum Gasteiger partial charge on any atom is -0.348 e. The number of aromatic nitrogens is 2. The summed E-state index contributed by atoms with van der Waals surface area (Å²) in [5.74, 6) is -0.111. The summed E-state index contributed by atoms with van der Waals surface area (Å²) in [6, 6.07) is 9.61. The summed E-state index contributed by atoms with van der Waals surface area (Å²) in [6.07, 6.45) is 2.08. The Balaban J connectivity index is 2.00. The van der Waals surface area contributed by atoms with Crippen LogP contribution >= 0.6 is 0 Å². The van der Waals surface area contributed by atoms with E-state index >= 15 is 0 Å². The summed E-state index contributed by atoms with van der Waals surface area (Å²) >= 11 is 0. The lowest BCUT2D eigenvalue weighted by molar-refractivity contribution is 0.0943. The molecule has 0 bridgehead atoms. The summed E-state index contributed by atoms with van der Waals surface area (Å²) in [5, 5.41) is 4.46. The molecule has 0 spiro atoms. The van der Waals surface area contributed by atoms with E-state index < -0.39 is 0 Å². The van der Waals surface area contributed by atoms with Gasteiger partial charge in [0.2, 0.25) is 0 Å². The zero-order valence-electron chi connectivity index (χ0n) is 11.6. The second-order valence-electron chi connectivity index (χ2n) is 5.60. The molecule has 0 unspecified atom stereocenters. The molecule has 5 heteroatoms. The molecule has 4 rings (SSSR count). The predicted octanol–water partition coefficient (Wildman–Crippen LogP) is 1.91. The van der Waals surface area contributed by atoms with Crippen LogP contribution in [0.4, 0.5) is 0 Å². The zero-order valence-corrected chi connectivity index (χ0v) is 11.6. The van der Waals surface area contributed by atoms with Crippen molar-refractivity contribution in [3.05, 3.63) is 46.4 Å². The van der Waals surface area contributed by atoms with Gasteiger partial charge in [0.1, 0.15) is 5.69 Å². The van der Waals surface area contributed by atoms with Crippen LogP contribution in [-0.4, -0.2) is 21.5 Å². The van der Waals surface area contributed by atoms with Crippen LogP contribution in [0.2, 0.25) is 0 Å². The fourth-order valence-corrected chi connectivity index (χ4v) is 2.80. The molecule has 1 aliphatic rings. The number of carbonyl (C=O) groups excluding carboxylic acids is 1. The average Bonchev–Trinajstić information content (AvgIpc) is 3.20. The second-order valence-corrected chi connectivity index (χ2v) is 5.60. The Hall–Kier alpha value is -2.56. The van der Waals surface area contributed by atoms with E-state index in [-0.39, 0.29) is 11.5 Å². The number of carbonyl (C=O) groups is 1. The maximum atomic E-state index is 12.3. The van der Waals surface area contributed by atoms with Gasteiger partial charge in [0.15, 0.2) is 0 Å². The lowest BCUT2D eigenvalue weighted by atomic mass is 10.1. The highest BCUT2D eigenvalue weighted by Crippen LogP contribution is 2.25. The first kappa shape index (κ1) is 12.2. The highest BCUT2D eigenvalue weighted by atomic mass is 16.2. The summed E-state index contributed by atoms with van der Waals surface area (Å²) < 4.78 is 1.81. The molecule has 1 saturated carbocycles. The molecule has 1 aromatic carbocycles. The molecular formula is C16H15N3O2. The first-order valence-corrected chi connectivity index (χ1v) is 7.06. The number of nitrogens with one attached hydrogen (secondary N) is 2. The van der Waals surface area contributed by atoms with E-state index in [1.807, 2.05) is 35.9 Å². The van der Waals surface area contributed by atoms with E-state index in [2.05, 4.69) is 10.3 Å². The second kappa shape index (κ2) is 4.22. The summed E-state index contributed by atoms with van der Waals surface area (Å²) in [5.41, 5.74) is 1.95. The van der Waals surface area contributed by atoms with Crippen LogP contribution < -0.4 is 10.9 Å². The molecule has 106 valence electrons. The molecule has 0 saturated heterocycles. The largest absolute Gasteiger partial charge is 0.348 e. The van der Waals surface area contributed by atoms with Crippen molar-refractivity contribution in [3.63, 3.8) is 0 Å². The van der Waals surface area contributed by atoms with Crippen LogP contribution in [0.3, 0.4) is 0 Å². The van der Waals surface area contributed by atoms with Gasteiger partial charge in [-0.3, -0.25) is 9.59 Å². The molecule has 21 heavy (non-hydrogen) atoms. The third-order valence-electron chi connectivity index (χ3n) is 4.05. The van der Waals surface area contributed by atoms with E-state index in [0.717, 1.165) is 29.3 Å². The molecule has 1 fully saturated rings. The van der Waals surface area contributed by atoms with Crippen molar-refractivity contribution in [1.29, 1.82) is 0 Å². The Kier molecular flexibility index (Phi) is 2.45. The van der Waals surface area contributed by atoms with Crippen LogP contribution in [0.15, 0.2) is 35.1 Å². The van der Waals surface area contributed by atoms with Crippen molar-refractivity contribution >= 4 is 27.7 Å². The van der Waals surface area contributed by atoms with Gasteiger partial charge in [-0.2, -0.15) is 0 Å². The number of nitrogens with zero attached hydrogens (tertiary/aromatic N) is 1. The highest BCUT2D eigenvalue weighted by molar-refractivity contribution is 6.07. The number of hydrogen-bond acceptors (Lipinski definition) is 2. The van der Waals surface area contributed by atoms with Crippen LogP contribution in [0.5, 0.6) is 0 Å². The van der Waals surface area contributed by atoms with Crippen molar-refractivity contribution < 1.29 is 4.79 Å². The highest BCUT2D eigenvalue weighted by Gasteiger charge is 2.25. The van der Waals surface area contributed by atoms with E-state index in [4.69, 9.17) is 0 Å². The first-order chi connectivity index (χ1) is 10.1. The van der Waals surface area contributed by atoms with Crippen LogP contribution in [0.25, 0.3) is 21.8 Å². The number of rotatable bonds is 2. The molecule has 1 aliphatic carbocycles. The smallest absolute Gasteiger partial charge is 0.268 e. The first-order valence-electron chi connectivity index (χ1n) is 7.06. The maximum Gasteiger partial charge on any atom is 0.268 e. The van der Waals surface area contributed by atoms with Crippen LogP contribution in [-0.2, 0) is 7.05 Å². The molecule has 5 nitrogen and oxygen atoms in total. The number of aromatic amines is 1. The molecule has 3 aromatic rings. The van der Waals surface area contributed by atoms with Gasteiger partial charge in [0.25, 0.3) is 11.5 Å². The third kappa shape index (κ3) is 1.85. The maximum absolute atomic E-state index is 12.3. The van der Waals surface area contributed by atoms with Gasteiger partial charge in [-0.1, -0.05) is 18.2 Å². The Morgan fingerprint density at radius 1 is 1.29 bits per heavy atom. The van der Waals surface area contributed by atoms with Crippen molar-refractivity contribution in [1.82, 2.24) is 14.9 Å². The molecule has 2 aromatic heterocycles. The van der Waals surface area contributed by atoms with Crippen LogP contribution in [0.1, 0.15) is 23.3 Å².